The van der Waals surface area contributed by atoms with Gasteiger partial charge >= 0.3 is 0 Å². The summed E-state index contributed by atoms with van der Waals surface area (Å²) in [7, 11) is 0. The summed E-state index contributed by atoms with van der Waals surface area (Å²) >= 11 is 2.60. The SMILES string of the molecule is C[C@]12CC[C@H](O)CC1=CC[C@H]1[C@H]2CC[C@]2(C)C(I)=CC[C@@H]12. The van der Waals surface area contributed by atoms with Crippen molar-refractivity contribution in [3.05, 3.63) is 21.3 Å². The van der Waals surface area contributed by atoms with E-state index in [1.165, 1.54) is 32.1 Å². The molecule has 4 aliphatic rings. The van der Waals surface area contributed by atoms with Gasteiger partial charge in [0.15, 0.2) is 0 Å². The predicted octanol–water partition coefficient (Wildman–Crippen LogP) is 5.24. The minimum absolute atomic E-state index is 0.0798. The summed E-state index contributed by atoms with van der Waals surface area (Å²) in [5, 5.41) is 10.0. The van der Waals surface area contributed by atoms with E-state index in [0.717, 1.165) is 30.6 Å². The van der Waals surface area contributed by atoms with Crippen LogP contribution in [0.3, 0.4) is 0 Å². The van der Waals surface area contributed by atoms with Crippen LogP contribution in [0.25, 0.3) is 0 Å². The van der Waals surface area contributed by atoms with Crippen molar-refractivity contribution in [2.45, 2.75) is 64.9 Å². The van der Waals surface area contributed by atoms with Crippen molar-refractivity contribution in [2.24, 2.45) is 28.6 Å². The van der Waals surface area contributed by atoms with Crippen LogP contribution in [0, 0.1) is 28.6 Å². The number of aliphatic hydroxyl groups excluding tert-OH is 1. The van der Waals surface area contributed by atoms with Gasteiger partial charge in [0.2, 0.25) is 0 Å². The fraction of sp³-hybridized carbons (Fsp3) is 0.789. The highest BCUT2D eigenvalue weighted by atomic mass is 127. The molecule has 0 aromatic rings. The second-order valence-corrected chi connectivity index (χ2v) is 9.56. The van der Waals surface area contributed by atoms with Gasteiger partial charge < -0.3 is 5.11 Å². The van der Waals surface area contributed by atoms with Crippen molar-refractivity contribution >= 4 is 22.6 Å². The number of allylic oxidation sites excluding steroid dienone is 3. The van der Waals surface area contributed by atoms with Crippen LogP contribution in [0.15, 0.2) is 21.3 Å². The molecule has 1 N–H and O–H groups in total. The molecule has 4 aliphatic carbocycles. The molecule has 0 spiro atoms. The Labute approximate surface area is 142 Å². The van der Waals surface area contributed by atoms with Crippen molar-refractivity contribution < 1.29 is 5.11 Å². The molecule has 0 aromatic carbocycles. The van der Waals surface area contributed by atoms with Crippen molar-refractivity contribution in [3.8, 4) is 0 Å². The molecule has 0 radical (unpaired) electrons. The smallest absolute Gasteiger partial charge is 0.0577 e. The van der Waals surface area contributed by atoms with Gasteiger partial charge in [-0.25, -0.2) is 0 Å². The van der Waals surface area contributed by atoms with Gasteiger partial charge in [-0.05, 0) is 94.3 Å². The van der Waals surface area contributed by atoms with Crippen LogP contribution in [0.5, 0.6) is 0 Å². The Morgan fingerprint density at radius 2 is 1.81 bits per heavy atom. The number of hydrogen-bond donors (Lipinski definition) is 1. The normalized spacial score (nSPS) is 52.4. The van der Waals surface area contributed by atoms with E-state index in [-0.39, 0.29) is 6.10 Å². The first kappa shape index (κ1) is 14.7. The topological polar surface area (TPSA) is 20.2 Å². The maximum atomic E-state index is 10.0. The Morgan fingerprint density at radius 3 is 2.62 bits per heavy atom. The van der Waals surface area contributed by atoms with Gasteiger partial charge in [-0.15, -0.1) is 0 Å². The van der Waals surface area contributed by atoms with Crippen molar-refractivity contribution in [1.82, 2.24) is 0 Å². The second-order valence-electron chi connectivity index (χ2n) is 8.40. The van der Waals surface area contributed by atoms with Crippen LogP contribution in [0.1, 0.15) is 58.8 Å². The van der Waals surface area contributed by atoms with E-state index in [4.69, 9.17) is 0 Å². The maximum absolute atomic E-state index is 10.0. The van der Waals surface area contributed by atoms with Crippen LogP contribution in [0.4, 0.5) is 0 Å². The van der Waals surface area contributed by atoms with Gasteiger partial charge in [-0.2, -0.15) is 0 Å². The van der Waals surface area contributed by atoms with Crippen LogP contribution >= 0.6 is 22.6 Å². The molecule has 0 amide bonds. The Hall–Kier alpha value is 0.170. The molecule has 116 valence electrons. The molecule has 2 fully saturated rings. The quantitative estimate of drug-likeness (QED) is 0.437. The third-order valence-corrected chi connectivity index (χ3v) is 9.24. The lowest BCUT2D eigenvalue weighted by Crippen LogP contribution is -2.49. The number of halogens is 1. The lowest BCUT2D eigenvalue weighted by Gasteiger charge is -2.57. The molecule has 4 rings (SSSR count). The molecule has 0 aliphatic heterocycles. The zero-order valence-electron chi connectivity index (χ0n) is 13.2. The van der Waals surface area contributed by atoms with Gasteiger partial charge in [0.25, 0.3) is 0 Å². The zero-order valence-corrected chi connectivity index (χ0v) is 15.4. The fourth-order valence-electron chi connectivity index (χ4n) is 6.16. The number of aliphatic hydroxyl groups is 1. The lowest BCUT2D eigenvalue weighted by atomic mass is 9.48. The Morgan fingerprint density at radius 1 is 1.05 bits per heavy atom. The van der Waals surface area contributed by atoms with Gasteiger partial charge in [0.1, 0.15) is 0 Å². The van der Waals surface area contributed by atoms with E-state index in [2.05, 4.69) is 48.6 Å². The molecule has 21 heavy (non-hydrogen) atoms. The van der Waals surface area contributed by atoms with Crippen molar-refractivity contribution in [2.75, 3.05) is 0 Å². The summed E-state index contributed by atoms with van der Waals surface area (Å²) in [6.45, 7) is 5.03. The lowest BCUT2D eigenvalue weighted by molar-refractivity contribution is -0.0268. The fourth-order valence-corrected chi connectivity index (χ4v) is 7.08. The van der Waals surface area contributed by atoms with Gasteiger partial charge in [-0.1, -0.05) is 31.6 Å². The minimum atomic E-state index is -0.0798. The first-order valence-electron chi connectivity index (χ1n) is 8.69. The zero-order chi connectivity index (χ0) is 14.8. The summed E-state index contributed by atoms with van der Waals surface area (Å²) in [6, 6.07) is 0. The highest BCUT2D eigenvalue weighted by Crippen LogP contribution is 2.65. The molecule has 2 heteroatoms. The van der Waals surface area contributed by atoms with E-state index in [0.29, 0.717) is 10.8 Å². The molecule has 6 atom stereocenters. The molecule has 1 nitrogen and oxygen atoms in total. The third kappa shape index (κ3) is 1.97. The second kappa shape index (κ2) is 4.83. The number of rotatable bonds is 0. The van der Waals surface area contributed by atoms with Crippen molar-refractivity contribution in [3.63, 3.8) is 0 Å². The Bertz CT molecular complexity index is 522. The van der Waals surface area contributed by atoms with E-state index in [9.17, 15) is 5.11 Å². The standard InChI is InChI=1S/C19H27IO/c1-18-9-7-13(21)11-12(18)3-4-14-15-5-6-17(20)19(15,2)10-8-16(14)18/h3,6,13-16,21H,4-5,7-11H2,1-2H3/t13-,14+,15-,16+,18-,19-/m0/s1. The maximum Gasteiger partial charge on any atom is 0.0577 e. The highest BCUT2D eigenvalue weighted by Gasteiger charge is 2.56. The minimum Gasteiger partial charge on any atom is -0.393 e. The number of fused-ring (bicyclic) bond motifs is 5. The van der Waals surface area contributed by atoms with E-state index in [1.54, 1.807) is 9.15 Å². The van der Waals surface area contributed by atoms with E-state index >= 15 is 0 Å². The average molecular weight is 398 g/mol. The summed E-state index contributed by atoms with van der Waals surface area (Å²) in [5.41, 5.74) is 2.45. The van der Waals surface area contributed by atoms with E-state index < -0.39 is 0 Å². The molecule has 0 bridgehead atoms. The van der Waals surface area contributed by atoms with E-state index in [1.807, 2.05) is 0 Å². The summed E-state index contributed by atoms with van der Waals surface area (Å²) in [5.74, 6) is 2.60. The molecule has 0 aromatic heterocycles. The van der Waals surface area contributed by atoms with Crippen LogP contribution in [-0.4, -0.2) is 11.2 Å². The summed E-state index contributed by atoms with van der Waals surface area (Å²) in [4.78, 5) is 0. The first-order chi connectivity index (χ1) is 9.95. The molecule has 0 heterocycles. The average Bonchev–Trinajstić information content (AvgIpc) is 2.76. The van der Waals surface area contributed by atoms with Crippen LogP contribution in [-0.2, 0) is 0 Å². The third-order valence-electron chi connectivity index (χ3n) is 7.56. The van der Waals surface area contributed by atoms with Gasteiger partial charge in [0.05, 0.1) is 6.10 Å². The Balaban J connectivity index is 1.68. The van der Waals surface area contributed by atoms with Gasteiger partial charge in [-0.3, -0.25) is 0 Å². The first-order valence-corrected chi connectivity index (χ1v) is 9.77. The highest BCUT2D eigenvalue weighted by molar-refractivity contribution is 14.1. The largest absolute Gasteiger partial charge is 0.393 e. The molecular weight excluding hydrogens is 371 g/mol. The Kier molecular flexibility index (Phi) is 3.39. The van der Waals surface area contributed by atoms with Crippen molar-refractivity contribution in [1.29, 1.82) is 0 Å². The summed E-state index contributed by atoms with van der Waals surface area (Å²) in [6.07, 6.45) is 13.4. The number of hydrogen-bond acceptors (Lipinski definition) is 1. The predicted molar refractivity (Wildman–Crippen MR) is 95.2 cm³/mol. The molecular formula is C19H27IO. The molecule has 0 saturated heterocycles. The molecule has 0 unspecified atom stereocenters. The van der Waals surface area contributed by atoms with Gasteiger partial charge in [0, 0.05) is 5.41 Å². The van der Waals surface area contributed by atoms with Crippen LogP contribution < -0.4 is 0 Å². The monoisotopic (exact) mass is 398 g/mol. The van der Waals surface area contributed by atoms with Crippen LogP contribution in [0.2, 0.25) is 0 Å². The molecule has 2 saturated carbocycles. The summed E-state index contributed by atoms with van der Waals surface area (Å²) < 4.78 is 1.63.